The maximum absolute atomic E-state index is 12.2. The molecule has 0 aliphatic rings. The van der Waals surface area contributed by atoms with E-state index in [1.54, 1.807) is 48.5 Å². The zero-order chi connectivity index (χ0) is 16.8. The third kappa shape index (κ3) is 4.16. The second kappa shape index (κ2) is 7.22. The summed E-state index contributed by atoms with van der Waals surface area (Å²) in [5.74, 6) is -0.533. The number of amides is 2. The van der Waals surface area contributed by atoms with Crippen molar-refractivity contribution in [1.82, 2.24) is 5.32 Å². The van der Waals surface area contributed by atoms with E-state index < -0.39 is 0 Å². The molecule has 0 fully saturated rings. The van der Waals surface area contributed by atoms with Crippen LogP contribution in [0.2, 0.25) is 0 Å². The van der Waals surface area contributed by atoms with Crippen molar-refractivity contribution in [3.05, 3.63) is 65.2 Å². The summed E-state index contributed by atoms with van der Waals surface area (Å²) in [7, 11) is 0. The van der Waals surface area contributed by atoms with Gasteiger partial charge in [0.15, 0.2) is 0 Å². The SMILES string of the molecule is CCNC(=O)c1cccc(NC(=O)c2ccc(C(=N)N)cc2)c1. The average Bonchev–Trinajstić information content (AvgIpc) is 2.55. The number of nitrogens with one attached hydrogen (secondary N) is 3. The van der Waals surface area contributed by atoms with Crippen molar-refractivity contribution in [2.45, 2.75) is 6.92 Å². The summed E-state index contributed by atoms with van der Waals surface area (Å²) >= 11 is 0. The molecule has 0 heterocycles. The van der Waals surface area contributed by atoms with Crippen LogP contribution >= 0.6 is 0 Å². The Morgan fingerprint density at radius 2 is 1.65 bits per heavy atom. The molecule has 6 heteroatoms. The van der Waals surface area contributed by atoms with E-state index in [4.69, 9.17) is 11.1 Å². The zero-order valence-electron chi connectivity index (χ0n) is 12.7. The predicted molar refractivity (Wildman–Crippen MR) is 89.9 cm³/mol. The number of carbonyl (C=O) groups excluding carboxylic acids is 2. The Morgan fingerprint density at radius 1 is 1.00 bits per heavy atom. The van der Waals surface area contributed by atoms with Crippen LogP contribution in [0.1, 0.15) is 33.2 Å². The molecule has 5 N–H and O–H groups in total. The molecular weight excluding hydrogens is 292 g/mol. The van der Waals surface area contributed by atoms with E-state index >= 15 is 0 Å². The molecule has 0 aliphatic carbocycles. The molecule has 0 aromatic heterocycles. The minimum atomic E-state index is -0.298. The normalized spacial score (nSPS) is 9.96. The second-order valence-corrected chi connectivity index (χ2v) is 4.89. The topological polar surface area (TPSA) is 108 Å². The largest absolute Gasteiger partial charge is 0.384 e. The lowest BCUT2D eigenvalue weighted by molar-refractivity contribution is 0.0954. The van der Waals surface area contributed by atoms with Gasteiger partial charge in [-0.3, -0.25) is 15.0 Å². The van der Waals surface area contributed by atoms with Crippen LogP contribution in [-0.4, -0.2) is 24.2 Å². The highest BCUT2D eigenvalue weighted by molar-refractivity contribution is 6.05. The van der Waals surface area contributed by atoms with Gasteiger partial charge >= 0.3 is 0 Å². The maximum Gasteiger partial charge on any atom is 0.255 e. The first-order chi connectivity index (χ1) is 11.0. The Morgan fingerprint density at radius 3 is 2.26 bits per heavy atom. The van der Waals surface area contributed by atoms with Crippen molar-refractivity contribution in [3.63, 3.8) is 0 Å². The molecule has 2 rings (SSSR count). The van der Waals surface area contributed by atoms with E-state index in [9.17, 15) is 9.59 Å². The third-order valence-electron chi connectivity index (χ3n) is 3.18. The minimum Gasteiger partial charge on any atom is -0.384 e. The van der Waals surface area contributed by atoms with E-state index in [0.717, 1.165) is 0 Å². The first-order valence-corrected chi connectivity index (χ1v) is 7.15. The lowest BCUT2D eigenvalue weighted by atomic mass is 10.1. The molecule has 118 valence electrons. The molecule has 0 spiro atoms. The van der Waals surface area contributed by atoms with Gasteiger partial charge in [0.2, 0.25) is 0 Å². The van der Waals surface area contributed by atoms with Crippen LogP contribution < -0.4 is 16.4 Å². The predicted octanol–water partition coefficient (Wildman–Crippen LogP) is 1.97. The van der Waals surface area contributed by atoms with E-state index in [1.807, 2.05) is 6.92 Å². The van der Waals surface area contributed by atoms with Gasteiger partial charge < -0.3 is 16.4 Å². The van der Waals surface area contributed by atoms with E-state index in [1.165, 1.54) is 0 Å². The van der Waals surface area contributed by atoms with Gasteiger partial charge in [-0.1, -0.05) is 18.2 Å². The highest BCUT2D eigenvalue weighted by atomic mass is 16.2. The summed E-state index contributed by atoms with van der Waals surface area (Å²) in [4.78, 5) is 24.0. The van der Waals surface area contributed by atoms with Gasteiger partial charge in [-0.15, -0.1) is 0 Å². The van der Waals surface area contributed by atoms with E-state index in [2.05, 4.69) is 10.6 Å². The summed E-state index contributed by atoms with van der Waals surface area (Å²) < 4.78 is 0. The van der Waals surface area contributed by atoms with Crippen molar-refractivity contribution in [2.24, 2.45) is 5.73 Å². The van der Waals surface area contributed by atoms with Crippen LogP contribution in [0.5, 0.6) is 0 Å². The molecule has 2 aromatic carbocycles. The van der Waals surface area contributed by atoms with Crippen molar-refractivity contribution in [1.29, 1.82) is 5.41 Å². The summed E-state index contributed by atoms with van der Waals surface area (Å²) in [5.41, 5.74) is 7.40. The van der Waals surface area contributed by atoms with Crippen molar-refractivity contribution >= 4 is 23.3 Å². The molecule has 0 bridgehead atoms. The monoisotopic (exact) mass is 310 g/mol. The highest BCUT2D eigenvalue weighted by Crippen LogP contribution is 2.13. The van der Waals surface area contributed by atoms with Crippen LogP contribution in [0.4, 0.5) is 5.69 Å². The van der Waals surface area contributed by atoms with Gasteiger partial charge in [-0.05, 0) is 37.3 Å². The fraction of sp³-hybridized carbons (Fsp3) is 0.118. The molecule has 0 saturated heterocycles. The summed E-state index contributed by atoms with van der Waals surface area (Å²) in [5, 5.41) is 12.8. The Labute approximate surface area is 134 Å². The number of nitrogen functional groups attached to an aromatic ring is 1. The molecule has 2 aromatic rings. The molecule has 0 saturated carbocycles. The van der Waals surface area contributed by atoms with Gasteiger partial charge in [0.1, 0.15) is 5.84 Å². The van der Waals surface area contributed by atoms with Gasteiger partial charge in [-0.2, -0.15) is 0 Å². The van der Waals surface area contributed by atoms with Gasteiger partial charge in [0.05, 0.1) is 0 Å². The Hall–Kier alpha value is -3.15. The number of nitrogens with two attached hydrogens (primary N) is 1. The van der Waals surface area contributed by atoms with Crippen molar-refractivity contribution < 1.29 is 9.59 Å². The first kappa shape index (κ1) is 16.2. The third-order valence-corrected chi connectivity index (χ3v) is 3.18. The molecule has 0 radical (unpaired) electrons. The van der Waals surface area contributed by atoms with Crippen LogP contribution in [0.25, 0.3) is 0 Å². The summed E-state index contributed by atoms with van der Waals surface area (Å²) in [6.45, 7) is 2.38. The van der Waals surface area contributed by atoms with Crippen molar-refractivity contribution in [3.8, 4) is 0 Å². The molecule has 0 unspecified atom stereocenters. The van der Waals surface area contributed by atoms with Gasteiger partial charge in [0, 0.05) is 28.9 Å². The van der Waals surface area contributed by atoms with Gasteiger partial charge in [-0.25, -0.2) is 0 Å². The molecule has 6 nitrogen and oxygen atoms in total. The average molecular weight is 310 g/mol. The second-order valence-electron chi connectivity index (χ2n) is 4.89. The first-order valence-electron chi connectivity index (χ1n) is 7.15. The number of hydrogen-bond donors (Lipinski definition) is 4. The van der Waals surface area contributed by atoms with Crippen molar-refractivity contribution in [2.75, 3.05) is 11.9 Å². The summed E-state index contributed by atoms with van der Waals surface area (Å²) in [6, 6.07) is 13.1. The van der Waals surface area contributed by atoms with Crippen LogP contribution in [0, 0.1) is 5.41 Å². The number of amidine groups is 1. The fourth-order valence-electron chi connectivity index (χ4n) is 2.01. The maximum atomic E-state index is 12.2. The Balaban J connectivity index is 2.12. The molecule has 0 aliphatic heterocycles. The zero-order valence-corrected chi connectivity index (χ0v) is 12.7. The molecule has 23 heavy (non-hydrogen) atoms. The van der Waals surface area contributed by atoms with Crippen LogP contribution in [-0.2, 0) is 0 Å². The highest BCUT2D eigenvalue weighted by Gasteiger charge is 2.09. The molecule has 0 atom stereocenters. The summed E-state index contributed by atoms with van der Waals surface area (Å²) in [6.07, 6.45) is 0. The lowest BCUT2D eigenvalue weighted by Gasteiger charge is -2.08. The van der Waals surface area contributed by atoms with E-state index in [-0.39, 0.29) is 17.6 Å². The van der Waals surface area contributed by atoms with Gasteiger partial charge in [0.25, 0.3) is 11.8 Å². The lowest BCUT2D eigenvalue weighted by Crippen LogP contribution is -2.22. The quantitative estimate of drug-likeness (QED) is 0.501. The standard InChI is InChI=1S/C17H18N4O2/c1-2-20-16(22)13-4-3-5-14(10-13)21-17(23)12-8-6-11(7-9-12)15(18)19/h3-10H,2H2,1H3,(H3,18,19)(H,20,22)(H,21,23). The molecule has 2 amide bonds. The fourth-order valence-corrected chi connectivity index (χ4v) is 2.01. The number of benzene rings is 2. The number of hydrogen-bond acceptors (Lipinski definition) is 3. The smallest absolute Gasteiger partial charge is 0.255 e. The Bertz CT molecular complexity index is 739. The van der Waals surface area contributed by atoms with E-state index in [0.29, 0.717) is 28.9 Å². The Kier molecular flexibility index (Phi) is 5.09. The number of anilines is 1. The number of carbonyl (C=O) groups is 2. The van der Waals surface area contributed by atoms with Crippen LogP contribution in [0.15, 0.2) is 48.5 Å². The molecular formula is C17H18N4O2. The number of rotatable bonds is 5. The minimum absolute atomic E-state index is 0.0494. The van der Waals surface area contributed by atoms with Crippen LogP contribution in [0.3, 0.4) is 0 Å².